The summed E-state index contributed by atoms with van der Waals surface area (Å²) >= 11 is 0. The Kier molecular flexibility index (Phi) is 6.64. The van der Waals surface area contributed by atoms with Gasteiger partial charge in [-0.3, -0.25) is 4.79 Å². The van der Waals surface area contributed by atoms with E-state index >= 15 is 0 Å². The molecule has 0 aliphatic rings. The molecule has 21 heavy (non-hydrogen) atoms. The van der Waals surface area contributed by atoms with Crippen molar-refractivity contribution in [2.45, 2.75) is 24.7 Å². The van der Waals surface area contributed by atoms with E-state index in [1.165, 1.54) is 18.4 Å². The number of hydrogen-bond acceptors (Lipinski definition) is 4. The third kappa shape index (κ3) is 5.35. The van der Waals surface area contributed by atoms with Crippen molar-refractivity contribution in [1.82, 2.24) is 9.62 Å². The van der Waals surface area contributed by atoms with Gasteiger partial charge in [0.15, 0.2) is 0 Å². The maximum absolute atomic E-state index is 11.9. The average molecular weight is 313 g/mol. The van der Waals surface area contributed by atoms with E-state index in [0.717, 1.165) is 12.1 Å². The van der Waals surface area contributed by atoms with Crippen LogP contribution in [0.25, 0.3) is 0 Å². The van der Waals surface area contributed by atoms with E-state index in [4.69, 9.17) is 0 Å². The molecule has 0 aromatic heterocycles. The van der Waals surface area contributed by atoms with Crippen LogP contribution in [0.1, 0.15) is 19.8 Å². The van der Waals surface area contributed by atoms with Gasteiger partial charge in [0.25, 0.3) is 0 Å². The van der Waals surface area contributed by atoms with E-state index in [2.05, 4.69) is 10.6 Å². The number of carbonyl (C=O) groups excluding carboxylic acids is 1. The second-order valence-electron chi connectivity index (χ2n) is 4.84. The van der Waals surface area contributed by atoms with E-state index < -0.39 is 10.0 Å². The van der Waals surface area contributed by atoms with Gasteiger partial charge in [-0.2, -0.15) is 0 Å². The molecular formula is C14H23N3O3S. The van der Waals surface area contributed by atoms with E-state index in [-0.39, 0.29) is 10.8 Å². The summed E-state index contributed by atoms with van der Waals surface area (Å²) < 4.78 is 25.0. The summed E-state index contributed by atoms with van der Waals surface area (Å²) in [6.07, 6.45) is 1.30. The highest BCUT2D eigenvalue weighted by molar-refractivity contribution is 7.89. The van der Waals surface area contributed by atoms with Gasteiger partial charge in [0.05, 0.1) is 4.90 Å². The summed E-state index contributed by atoms with van der Waals surface area (Å²) in [4.78, 5) is 11.7. The number of sulfonamides is 1. The molecule has 0 atom stereocenters. The Morgan fingerprint density at radius 2 is 1.76 bits per heavy atom. The monoisotopic (exact) mass is 313 g/mol. The minimum atomic E-state index is -3.40. The van der Waals surface area contributed by atoms with Gasteiger partial charge in [-0.25, -0.2) is 12.7 Å². The van der Waals surface area contributed by atoms with Gasteiger partial charge in [0, 0.05) is 39.3 Å². The first-order valence-corrected chi connectivity index (χ1v) is 8.35. The Labute approximate surface area is 126 Å². The minimum absolute atomic E-state index is 0.0103. The predicted molar refractivity (Wildman–Crippen MR) is 83.7 cm³/mol. The lowest BCUT2D eigenvalue weighted by molar-refractivity contribution is -0.120. The number of carbonyl (C=O) groups is 1. The lowest BCUT2D eigenvalue weighted by atomic mass is 10.3. The summed E-state index contributed by atoms with van der Waals surface area (Å²) in [5.41, 5.74) is 0.788. The first-order chi connectivity index (χ1) is 9.87. The molecule has 2 N–H and O–H groups in total. The van der Waals surface area contributed by atoms with Gasteiger partial charge in [0.1, 0.15) is 0 Å². The SMILES string of the molecule is CCCNC(=O)CCNc1ccc(S(=O)(=O)N(C)C)cc1. The highest BCUT2D eigenvalue weighted by Crippen LogP contribution is 2.16. The van der Waals surface area contributed by atoms with Crippen LogP contribution in [0.4, 0.5) is 5.69 Å². The number of hydrogen-bond donors (Lipinski definition) is 2. The maximum Gasteiger partial charge on any atom is 0.242 e. The molecule has 0 heterocycles. The van der Waals surface area contributed by atoms with Crippen LogP contribution in [0, 0.1) is 0 Å². The van der Waals surface area contributed by atoms with Gasteiger partial charge < -0.3 is 10.6 Å². The van der Waals surface area contributed by atoms with Gasteiger partial charge in [-0.15, -0.1) is 0 Å². The predicted octanol–water partition coefficient (Wildman–Crippen LogP) is 1.27. The van der Waals surface area contributed by atoms with Crippen molar-refractivity contribution in [3.8, 4) is 0 Å². The molecule has 6 nitrogen and oxygen atoms in total. The third-order valence-corrected chi connectivity index (χ3v) is 4.72. The molecule has 0 radical (unpaired) electrons. The molecule has 7 heteroatoms. The molecule has 0 saturated heterocycles. The molecule has 0 saturated carbocycles. The summed E-state index contributed by atoms with van der Waals surface area (Å²) in [6, 6.07) is 6.49. The average Bonchev–Trinajstić information content (AvgIpc) is 2.45. The number of amides is 1. The second-order valence-corrected chi connectivity index (χ2v) is 6.99. The van der Waals surface area contributed by atoms with E-state index in [1.807, 2.05) is 6.92 Å². The lowest BCUT2D eigenvalue weighted by Crippen LogP contribution is -2.25. The van der Waals surface area contributed by atoms with Crippen molar-refractivity contribution in [2.24, 2.45) is 0 Å². The number of nitrogens with zero attached hydrogens (tertiary/aromatic N) is 1. The van der Waals surface area contributed by atoms with Crippen LogP contribution in [-0.2, 0) is 14.8 Å². The van der Waals surface area contributed by atoms with Crippen molar-refractivity contribution in [3.63, 3.8) is 0 Å². The zero-order chi connectivity index (χ0) is 15.9. The topological polar surface area (TPSA) is 78.5 Å². The minimum Gasteiger partial charge on any atom is -0.385 e. The molecule has 1 rings (SSSR count). The van der Waals surface area contributed by atoms with Crippen LogP contribution < -0.4 is 10.6 Å². The molecule has 0 bridgehead atoms. The zero-order valence-electron chi connectivity index (χ0n) is 12.7. The number of benzene rings is 1. The van der Waals surface area contributed by atoms with Crippen molar-refractivity contribution < 1.29 is 13.2 Å². The van der Waals surface area contributed by atoms with Crippen LogP contribution >= 0.6 is 0 Å². The highest BCUT2D eigenvalue weighted by Gasteiger charge is 2.16. The molecule has 0 aliphatic heterocycles. The maximum atomic E-state index is 11.9. The number of nitrogens with one attached hydrogen (secondary N) is 2. The molecule has 1 amide bonds. The molecule has 0 fully saturated rings. The highest BCUT2D eigenvalue weighted by atomic mass is 32.2. The Hall–Kier alpha value is -1.60. The fourth-order valence-corrected chi connectivity index (χ4v) is 2.53. The van der Waals surface area contributed by atoms with Gasteiger partial charge in [-0.1, -0.05) is 6.92 Å². The fourth-order valence-electron chi connectivity index (χ4n) is 1.63. The molecule has 1 aromatic rings. The summed E-state index contributed by atoms with van der Waals surface area (Å²) in [5, 5.41) is 5.89. The summed E-state index contributed by atoms with van der Waals surface area (Å²) in [6.45, 7) is 3.20. The quantitative estimate of drug-likeness (QED) is 0.757. The second kappa shape index (κ2) is 7.99. The molecule has 0 aliphatic carbocycles. The standard InChI is InChI=1S/C14H23N3O3S/c1-4-10-16-14(18)9-11-15-12-5-7-13(8-6-12)21(19,20)17(2)3/h5-8,15H,4,9-11H2,1-3H3,(H,16,18). The number of rotatable bonds is 8. The van der Waals surface area contributed by atoms with Crippen LogP contribution in [0.15, 0.2) is 29.2 Å². The van der Waals surface area contributed by atoms with Gasteiger partial charge in [0.2, 0.25) is 15.9 Å². The summed E-state index contributed by atoms with van der Waals surface area (Å²) in [7, 11) is -0.404. The zero-order valence-corrected chi connectivity index (χ0v) is 13.5. The van der Waals surface area contributed by atoms with Gasteiger partial charge in [-0.05, 0) is 30.7 Å². The van der Waals surface area contributed by atoms with E-state index in [1.54, 1.807) is 24.3 Å². The van der Waals surface area contributed by atoms with Gasteiger partial charge >= 0.3 is 0 Å². The molecular weight excluding hydrogens is 290 g/mol. The molecule has 118 valence electrons. The van der Waals surface area contributed by atoms with Crippen molar-refractivity contribution in [3.05, 3.63) is 24.3 Å². The largest absolute Gasteiger partial charge is 0.385 e. The summed E-state index contributed by atoms with van der Waals surface area (Å²) in [5.74, 6) is 0.0103. The first-order valence-electron chi connectivity index (χ1n) is 6.91. The Balaban J connectivity index is 2.51. The molecule has 0 unspecified atom stereocenters. The van der Waals surface area contributed by atoms with Crippen LogP contribution in [0.3, 0.4) is 0 Å². The Morgan fingerprint density at radius 1 is 1.14 bits per heavy atom. The van der Waals surface area contributed by atoms with Crippen LogP contribution in [0.5, 0.6) is 0 Å². The van der Waals surface area contributed by atoms with E-state index in [0.29, 0.717) is 19.5 Å². The lowest BCUT2D eigenvalue weighted by Gasteiger charge is -2.12. The molecule has 0 spiro atoms. The van der Waals surface area contributed by atoms with Crippen molar-refractivity contribution in [1.29, 1.82) is 0 Å². The third-order valence-electron chi connectivity index (χ3n) is 2.89. The van der Waals surface area contributed by atoms with E-state index in [9.17, 15) is 13.2 Å². The smallest absolute Gasteiger partial charge is 0.242 e. The Bertz CT molecular complexity index is 553. The van der Waals surface area contributed by atoms with Crippen molar-refractivity contribution >= 4 is 21.6 Å². The molecule has 1 aromatic carbocycles. The normalized spacial score (nSPS) is 11.4. The van der Waals surface area contributed by atoms with Crippen molar-refractivity contribution in [2.75, 3.05) is 32.5 Å². The fraction of sp³-hybridized carbons (Fsp3) is 0.500. The Morgan fingerprint density at radius 3 is 2.29 bits per heavy atom. The first kappa shape index (κ1) is 17.5. The van der Waals surface area contributed by atoms with Crippen LogP contribution in [0.2, 0.25) is 0 Å². The number of anilines is 1. The van der Waals surface area contributed by atoms with Crippen LogP contribution in [-0.4, -0.2) is 45.8 Å².